The summed E-state index contributed by atoms with van der Waals surface area (Å²) in [5.74, 6) is 0. The quantitative estimate of drug-likeness (QED) is 0.819. The lowest BCUT2D eigenvalue weighted by molar-refractivity contribution is 0.568. The highest BCUT2D eigenvalue weighted by Crippen LogP contribution is 2.21. The number of hydrogen-bond acceptors (Lipinski definition) is 1. The summed E-state index contributed by atoms with van der Waals surface area (Å²) in [6.45, 7) is 21.0. The van der Waals surface area contributed by atoms with Crippen LogP contribution in [0.5, 0.6) is 0 Å². The zero-order valence-electron chi connectivity index (χ0n) is 14.6. The van der Waals surface area contributed by atoms with Gasteiger partial charge in [-0.25, -0.2) is 0 Å². The van der Waals surface area contributed by atoms with Crippen LogP contribution >= 0.6 is 0 Å². The molecule has 0 atom stereocenters. The van der Waals surface area contributed by atoms with E-state index in [4.69, 9.17) is 0 Å². The van der Waals surface area contributed by atoms with Gasteiger partial charge in [-0.1, -0.05) is 57.0 Å². The second-order valence-electron chi connectivity index (χ2n) is 8.00. The predicted molar refractivity (Wildman–Crippen MR) is 99.1 cm³/mol. The van der Waals surface area contributed by atoms with Crippen LogP contribution in [0.25, 0.3) is 0 Å². The molecule has 0 saturated heterocycles. The van der Waals surface area contributed by atoms with Crippen LogP contribution in [0.15, 0.2) is 12.1 Å². The summed E-state index contributed by atoms with van der Waals surface area (Å²) < 4.78 is 0. The fourth-order valence-electron chi connectivity index (χ4n) is 3.51. The maximum Gasteiger partial charge on any atom is 0.0871 e. The number of hydrogen-bond donors (Lipinski definition) is 1. The van der Waals surface area contributed by atoms with Crippen LogP contribution in [-0.4, -0.2) is 33.1 Å². The van der Waals surface area contributed by atoms with E-state index in [0.29, 0.717) is 0 Å². The summed E-state index contributed by atoms with van der Waals surface area (Å²) in [6.07, 6.45) is 0. The topological polar surface area (TPSA) is 20.2 Å². The zero-order chi connectivity index (χ0) is 15.9. The van der Waals surface area contributed by atoms with Gasteiger partial charge < -0.3 is 5.11 Å². The first kappa shape index (κ1) is 17.6. The molecule has 0 fully saturated rings. The number of benzene rings is 1. The zero-order valence-corrected chi connectivity index (χ0v) is 17.6. The molecule has 0 saturated carbocycles. The van der Waals surface area contributed by atoms with Gasteiger partial charge in [0.05, 0.1) is 20.5 Å². The van der Waals surface area contributed by atoms with Crippen molar-refractivity contribution in [1.29, 1.82) is 0 Å². The summed E-state index contributed by atoms with van der Waals surface area (Å²) in [7, 11) is -3.51. The van der Waals surface area contributed by atoms with Gasteiger partial charge in [0.15, 0.2) is 0 Å². The molecule has 0 radical (unpaired) electrons. The second-order valence-corrected chi connectivity index (χ2v) is 31.7. The Labute approximate surface area is 127 Å². The molecular weight excluding hydrogens is 292 g/mol. The smallest absolute Gasteiger partial charge is 0.0871 e. The van der Waals surface area contributed by atoms with Crippen molar-refractivity contribution in [2.75, 3.05) is 0 Å². The molecule has 1 N–H and O–H groups in total. The number of rotatable bonds is 3. The van der Waals surface area contributed by atoms with E-state index in [1.54, 1.807) is 0 Å². The molecule has 0 unspecified atom stereocenters. The Morgan fingerprint density at radius 1 is 0.850 bits per heavy atom. The number of aliphatic hydroxyl groups excluding tert-OH is 1. The van der Waals surface area contributed by atoms with E-state index >= 15 is 0 Å². The molecule has 0 aliphatic heterocycles. The summed E-state index contributed by atoms with van der Waals surface area (Å²) in [5, 5.41) is 11.9. The maximum atomic E-state index is 11.1. The Bertz CT molecular complexity index is 507. The fourth-order valence-corrected chi connectivity index (χ4v) is 39.8. The van der Waals surface area contributed by atoms with Gasteiger partial charge >= 0.3 is 0 Å². The molecular formula is C16H30OSi3. The van der Waals surface area contributed by atoms with E-state index in [9.17, 15) is 5.11 Å². The summed E-state index contributed by atoms with van der Waals surface area (Å²) in [4.78, 5) is 0. The molecule has 0 spiro atoms. The lowest BCUT2D eigenvalue weighted by atomic mass is 10.0. The molecule has 0 aliphatic rings. The van der Waals surface area contributed by atoms with Crippen LogP contribution < -0.4 is 0 Å². The number of aliphatic hydroxyl groups is 1. The molecule has 112 valence electrons. The molecule has 0 aliphatic carbocycles. The average molecular weight is 323 g/mol. The van der Waals surface area contributed by atoms with Gasteiger partial charge in [-0.2, -0.15) is 0 Å². The minimum atomic E-state index is -1.35. The van der Waals surface area contributed by atoms with Crippen molar-refractivity contribution in [3.8, 4) is 0 Å². The van der Waals surface area contributed by atoms with E-state index in [1.165, 1.54) is 16.7 Å². The monoisotopic (exact) mass is 322 g/mol. The van der Waals surface area contributed by atoms with Gasteiger partial charge in [0, 0.05) is 13.0 Å². The van der Waals surface area contributed by atoms with Gasteiger partial charge in [0.2, 0.25) is 0 Å². The fraction of sp³-hybridized carbons (Fsp3) is 0.562. The second kappa shape index (κ2) is 5.73. The molecule has 0 bridgehead atoms. The first-order valence-corrected chi connectivity index (χ1v) is 17.9. The Kier molecular flexibility index (Phi) is 5.04. The van der Waals surface area contributed by atoms with E-state index in [0.717, 1.165) is 10.9 Å². The largest absolute Gasteiger partial charge is 0.514 e. The van der Waals surface area contributed by atoms with E-state index in [1.807, 2.05) is 0 Å². The molecule has 1 aromatic rings. The third kappa shape index (κ3) is 3.80. The summed E-state index contributed by atoms with van der Waals surface area (Å²) >= 11 is 0. The van der Waals surface area contributed by atoms with Crippen molar-refractivity contribution in [2.24, 2.45) is 0 Å². The van der Waals surface area contributed by atoms with Crippen LogP contribution in [0.3, 0.4) is 0 Å². The molecule has 0 heterocycles. The van der Waals surface area contributed by atoms with Gasteiger partial charge in [0.25, 0.3) is 0 Å². The summed E-state index contributed by atoms with van der Waals surface area (Å²) in [5.41, 5.74) is 4.90. The summed E-state index contributed by atoms with van der Waals surface area (Å²) in [6, 6.07) is 4.40. The lowest BCUT2D eigenvalue weighted by Crippen LogP contribution is -2.56. The molecule has 1 aromatic carbocycles. The Balaban J connectivity index is 3.69. The van der Waals surface area contributed by atoms with Gasteiger partial charge in [-0.15, -0.1) is 0 Å². The van der Waals surface area contributed by atoms with Crippen LogP contribution in [-0.2, 0) is 0 Å². The Hall–Kier alpha value is -0.459. The minimum Gasteiger partial charge on any atom is -0.514 e. The minimum absolute atomic E-state index is 0.767. The highest BCUT2D eigenvalue weighted by molar-refractivity contribution is 7.60. The van der Waals surface area contributed by atoms with Crippen molar-refractivity contribution in [1.82, 2.24) is 0 Å². The molecule has 1 nitrogen and oxygen atoms in total. The third-order valence-electron chi connectivity index (χ3n) is 3.65. The molecule has 4 heteroatoms. The molecule has 1 rings (SSSR count). The van der Waals surface area contributed by atoms with E-state index in [2.05, 4.69) is 72.2 Å². The highest BCUT2D eigenvalue weighted by atomic mass is 29.6. The third-order valence-corrected chi connectivity index (χ3v) is 31.3. The van der Waals surface area contributed by atoms with Gasteiger partial charge in [0.1, 0.15) is 0 Å². The molecule has 0 aromatic heterocycles. The van der Waals surface area contributed by atoms with Crippen LogP contribution in [0.1, 0.15) is 22.3 Å². The van der Waals surface area contributed by atoms with Crippen molar-refractivity contribution in [3.05, 3.63) is 34.4 Å². The van der Waals surface area contributed by atoms with Gasteiger partial charge in [-0.3, -0.25) is 0 Å². The SMILES string of the molecule is Cc1cc(C)c(C(O)=[Si]([Si](C)(C)C)[Si](C)(C)C)c(C)c1. The van der Waals surface area contributed by atoms with Crippen molar-refractivity contribution in [3.63, 3.8) is 0 Å². The van der Waals surface area contributed by atoms with Crippen molar-refractivity contribution in [2.45, 2.75) is 60.1 Å². The van der Waals surface area contributed by atoms with Crippen LogP contribution in [0.4, 0.5) is 0 Å². The predicted octanol–water partition coefficient (Wildman–Crippen LogP) is 4.37. The van der Waals surface area contributed by atoms with Gasteiger partial charge in [-0.05, 0) is 31.9 Å². The molecule has 20 heavy (non-hydrogen) atoms. The Morgan fingerprint density at radius 3 is 1.50 bits per heavy atom. The van der Waals surface area contributed by atoms with Crippen molar-refractivity contribution < 1.29 is 5.11 Å². The average Bonchev–Trinajstić information content (AvgIpc) is 2.09. The standard InChI is InChI=1S/C16H30OSi3/c1-12-10-13(2)15(14(3)11-12)16(17)18(19(4,5)6)20(7,8)9/h10-11,17H,1-9H3. The normalized spacial score (nSPS) is 12.4. The van der Waals surface area contributed by atoms with Crippen LogP contribution in [0, 0.1) is 20.8 Å². The van der Waals surface area contributed by atoms with E-state index < -0.39 is 22.6 Å². The number of aryl methyl sites for hydroxylation is 3. The first-order chi connectivity index (χ1) is 8.85. The van der Waals surface area contributed by atoms with Crippen molar-refractivity contribution >= 4 is 28.0 Å². The lowest BCUT2D eigenvalue weighted by Gasteiger charge is -2.32. The Morgan fingerprint density at radius 2 is 1.20 bits per heavy atom. The van der Waals surface area contributed by atoms with E-state index in [-0.39, 0.29) is 0 Å². The molecule has 0 amide bonds. The van der Waals surface area contributed by atoms with Crippen LogP contribution in [0.2, 0.25) is 39.3 Å². The first-order valence-electron chi connectivity index (χ1n) is 7.38. The highest BCUT2D eigenvalue weighted by Gasteiger charge is 2.36. The maximum absolute atomic E-state index is 11.1.